The van der Waals surface area contributed by atoms with E-state index in [0.717, 1.165) is 243 Å². The predicted octanol–water partition coefficient (Wildman–Crippen LogP) is 33.3. The third-order valence-corrected chi connectivity index (χ3v) is 51.3. The number of fused-ring (bicyclic) bond motifs is 14. The molecule has 0 spiro atoms. The van der Waals surface area contributed by atoms with E-state index in [0.29, 0.717) is 0 Å². The SMILES string of the molecule is S=P1(c2cc(-c3ccccc3)cc(-c3ccccc3)c2)Oc2cccc3c4cc5c(cc4n1c23)c1cccc2c1n5P(=S)(c1cc(-c3ccccc3)cc(-c3ccccc3)c1)O2.S=P1(c2ccc(P3(=S)Oc4ccccc4N3c3cccc(-c4ccccc4)c3)cc2)Oc2ccccc2N1c1cccc(-c2ccccc2)c1.S=P1(c2ccccc2)Oc2cccc3c4cc5c(cc4n1c23)c1cccc2c1n5P(=S)(c1ccccc1)O2. The topological polar surface area (TPSA) is 81.6 Å². The van der Waals surface area contributed by atoms with Crippen LogP contribution in [0.4, 0.5) is 22.7 Å². The minimum atomic E-state index is -2.94. The van der Waals surface area contributed by atoms with Crippen LogP contribution in [0.15, 0.2) is 497 Å². The smallest absolute Gasteiger partial charge is 0.239 e. The summed E-state index contributed by atoms with van der Waals surface area (Å²) >= 11 is 39.8. The molecule has 10 heterocycles. The molecule has 0 fully saturated rings. The van der Waals surface area contributed by atoms with Gasteiger partial charge < -0.3 is 27.1 Å². The normalized spacial score (nSPS) is 19.0. The van der Waals surface area contributed by atoms with E-state index in [-0.39, 0.29) is 0 Å². The van der Waals surface area contributed by atoms with Crippen molar-refractivity contribution in [3.05, 3.63) is 497 Å². The highest BCUT2D eigenvalue weighted by Gasteiger charge is 2.47. The van der Waals surface area contributed by atoms with Crippen molar-refractivity contribution in [2.75, 3.05) is 9.34 Å². The maximum atomic E-state index is 7.10. The quantitative estimate of drug-likeness (QED) is 0.0969. The second-order valence-corrected chi connectivity index (χ2v) is 59.6. The molecule has 6 atom stereocenters. The molecule has 718 valence electrons. The largest absolute Gasteiger partial charge is 0.442 e. The van der Waals surface area contributed by atoms with Crippen molar-refractivity contribution in [2.24, 2.45) is 0 Å². The van der Waals surface area contributed by atoms with Crippen LogP contribution in [0.2, 0.25) is 0 Å². The van der Waals surface area contributed by atoms with Crippen molar-refractivity contribution in [1.82, 2.24) is 17.4 Å². The fourth-order valence-corrected chi connectivity index (χ4v) is 42.9. The van der Waals surface area contributed by atoms with Gasteiger partial charge in [0.2, 0.25) is 38.5 Å². The maximum Gasteiger partial charge on any atom is 0.239 e. The summed E-state index contributed by atoms with van der Waals surface area (Å²) in [6.45, 7) is 0. The van der Waals surface area contributed by atoms with Crippen LogP contribution in [-0.4, -0.2) is 17.4 Å². The third kappa shape index (κ3) is 14.3. The summed E-state index contributed by atoms with van der Waals surface area (Å²) in [5.74, 6) is 4.92. The Morgan fingerprint density at radius 1 is 0.147 bits per heavy atom. The summed E-state index contributed by atoms with van der Waals surface area (Å²) in [6.07, 6.45) is -16.6. The van der Waals surface area contributed by atoms with Crippen molar-refractivity contribution in [2.45, 2.75) is 0 Å². The molecule has 0 radical (unpaired) electrons. The van der Waals surface area contributed by atoms with Gasteiger partial charge in [0, 0.05) is 86.3 Å². The Balaban J connectivity index is 0.000000109. The van der Waals surface area contributed by atoms with Gasteiger partial charge in [-0.1, -0.05) is 315 Å². The first-order valence-corrected chi connectivity index (χ1v) is 65.3. The molecule has 0 saturated carbocycles. The summed E-state index contributed by atoms with van der Waals surface area (Å²) in [4.78, 5) is 0. The lowest BCUT2D eigenvalue weighted by Gasteiger charge is -2.31. The third-order valence-electron chi connectivity index (χ3n) is 29.2. The molecule has 0 saturated heterocycles. The van der Waals surface area contributed by atoms with Gasteiger partial charge in [0.1, 0.15) is 0 Å². The van der Waals surface area contributed by atoms with Crippen LogP contribution in [-0.2, 0) is 70.8 Å². The molecular formula is C126H82N6O6P6S6. The van der Waals surface area contributed by atoms with Crippen LogP contribution in [0.25, 0.3) is 154 Å². The van der Waals surface area contributed by atoms with E-state index in [9.17, 15) is 0 Å². The summed E-state index contributed by atoms with van der Waals surface area (Å²) < 4.78 is 54.8. The Morgan fingerprint density at radius 2 is 0.360 bits per heavy atom. The summed E-state index contributed by atoms with van der Waals surface area (Å²) in [5, 5.41) is 15.0. The van der Waals surface area contributed by atoms with Crippen molar-refractivity contribution < 1.29 is 27.1 Å². The van der Waals surface area contributed by atoms with Gasteiger partial charge in [-0.3, -0.25) is 26.7 Å². The number of rotatable bonds is 14. The monoisotopic (exact) mass is 2150 g/mol. The van der Waals surface area contributed by atoms with Crippen molar-refractivity contribution in [3.63, 3.8) is 0 Å². The summed E-state index contributed by atoms with van der Waals surface area (Å²) in [6, 6.07) is 173. The van der Waals surface area contributed by atoms with Gasteiger partial charge >= 0.3 is 0 Å². The van der Waals surface area contributed by atoms with Crippen molar-refractivity contribution in [1.29, 1.82) is 0 Å². The highest BCUT2D eigenvalue weighted by Crippen LogP contribution is 2.71. The molecule has 150 heavy (non-hydrogen) atoms. The standard InChI is InChI=1S/C54H34N2O2P2S2.C42H30N2O2P2S2.C30H18N2O2P2S2/c61-59(43-29-39(35-15-5-1-6-16-35)27-40(30-43)36-17-7-2-8-18-36)55-49-33-48-46-24-14-26-52-54(46)56(50(48)34-47(49)45-23-13-25-51(57-59)53(45)55)60(62,58-52)44-31-41(37-19-9-3-10-20-37)28-42(32-44)38-21-11-4-12-22-38;49-47(43(39-21-7-9-23-41(39)45-47)35-19-11-17-33(29-35)31-13-3-1-4-14-31)37-25-27-38(28-26-37)48(50)44(40-22-8-10-24-42(40)46-48)36-20-12-18-34(30-36)32-15-5-2-6-16-32;37-35(19-9-3-1-4-10-19)31-25-17-24-22-14-8-16-28-30(22)32(36(38,34-28)20-11-5-2-6-12-20)26(24)18-23(25)21-13-7-15-27(33-35)29(21)31/h1-34H;1-30H;1-18H. The first-order valence-electron chi connectivity index (χ1n) is 49.3. The molecule has 4 aromatic heterocycles. The van der Waals surface area contributed by atoms with E-state index in [1.54, 1.807) is 0 Å². The minimum absolute atomic E-state index is 0.788. The number of hydrogen-bond acceptors (Lipinski definition) is 12. The zero-order valence-corrected chi connectivity index (χ0v) is 89.9. The molecule has 25 aromatic rings. The average molecular weight is 2150 g/mol. The molecule has 6 unspecified atom stereocenters. The molecular weight excluding hydrogens is 2070 g/mol. The van der Waals surface area contributed by atoms with Gasteiger partial charge in [0.15, 0.2) is 34.5 Å². The summed E-state index contributed by atoms with van der Waals surface area (Å²) in [7, 11) is 0. The van der Waals surface area contributed by atoms with Crippen molar-refractivity contribution >= 4 is 251 Å². The molecule has 24 heteroatoms. The number of aromatic nitrogens is 4. The highest BCUT2D eigenvalue weighted by molar-refractivity contribution is 8.18. The van der Waals surface area contributed by atoms with E-state index in [1.165, 1.54) is 0 Å². The minimum Gasteiger partial charge on any atom is -0.442 e. The fourth-order valence-electron chi connectivity index (χ4n) is 22.5. The van der Waals surface area contributed by atoms with E-state index in [4.69, 9.17) is 98.0 Å². The lowest BCUT2D eigenvalue weighted by Crippen LogP contribution is -2.24. The lowest BCUT2D eigenvalue weighted by molar-refractivity contribution is 0.637. The van der Waals surface area contributed by atoms with Gasteiger partial charge in [-0.2, -0.15) is 0 Å². The van der Waals surface area contributed by atoms with E-state index < -0.39 is 38.5 Å². The second kappa shape index (κ2) is 35.4. The molecule has 0 bridgehead atoms. The van der Waals surface area contributed by atoms with Gasteiger partial charge in [-0.05, 0) is 320 Å². The first kappa shape index (κ1) is 91.3. The Morgan fingerprint density at radius 3 is 0.640 bits per heavy atom. The number of hydrogen-bond donors (Lipinski definition) is 0. The maximum absolute atomic E-state index is 7.10. The number of benzene rings is 21. The highest BCUT2D eigenvalue weighted by atomic mass is 32.5. The zero-order chi connectivity index (χ0) is 100. The summed E-state index contributed by atoms with van der Waals surface area (Å²) in [5.41, 5.74) is 26.0. The van der Waals surface area contributed by atoms with E-state index in [2.05, 4.69) is 427 Å². The molecule has 0 N–H and O–H groups in total. The molecule has 6 aliphatic rings. The Labute approximate surface area is 895 Å². The van der Waals surface area contributed by atoms with Crippen molar-refractivity contribution in [3.8, 4) is 101 Å². The van der Waals surface area contributed by atoms with Crippen LogP contribution in [0, 0.1) is 0 Å². The van der Waals surface area contributed by atoms with Gasteiger partial charge in [0.25, 0.3) is 0 Å². The Bertz CT molecular complexity index is 9610. The van der Waals surface area contributed by atoms with Gasteiger partial charge in [-0.15, -0.1) is 0 Å². The van der Waals surface area contributed by atoms with Crippen LogP contribution in [0.1, 0.15) is 0 Å². The van der Waals surface area contributed by atoms with Crippen LogP contribution < -0.4 is 68.3 Å². The van der Waals surface area contributed by atoms with Crippen LogP contribution in [0.5, 0.6) is 34.5 Å². The Hall–Kier alpha value is -14.9. The molecule has 31 rings (SSSR count). The number of nitrogens with zero attached hydrogens (tertiary/aromatic N) is 6. The molecule has 0 amide bonds. The van der Waals surface area contributed by atoms with Crippen LogP contribution in [0.3, 0.4) is 0 Å². The number of para-hydroxylation sites is 8. The molecule has 21 aromatic carbocycles. The predicted molar refractivity (Wildman–Crippen MR) is 649 cm³/mol. The van der Waals surface area contributed by atoms with Crippen LogP contribution >= 0.6 is 38.5 Å². The fraction of sp³-hybridized carbons (Fsp3) is 0. The number of anilines is 4. The Kier molecular flexibility index (Phi) is 21.6. The molecule has 12 nitrogen and oxygen atoms in total. The van der Waals surface area contributed by atoms with E-state index >= 15 is 0 Å². The van der Waals surface area contributed by atoms with Gasteiger partial charge in [-0.25, -0.2) is 0 Å². The lowest BCUT2D eigenvalue weighted by atomic mass is 9.99. The van der Waals surface area contributed by atoms with E-state index in [1.807, 2.05) is 97.1 Å². The van der Waals surface area contributed by atoms with Gasteiger partial charge in [0.05, 0.1) is 55.5 Å². The first-order chi connectivity index (χ1) is 73.5. The zero-order valence-electron chi connectivity index (χ0n) is 79.6. The molecule has 6 aliphatic heterocycles. The second-order valence-electron chi connectivity index (χ2n) is 37.9. The average Bonchev–Trinajstić information content (AvgIpc) is 1.51. The molecule has 0 aliphatic carbocycles.